The molecule has 0 saturated heterocycles. The fourth-order valence-electron chi connectivity index (χ4n) is 0.402. The van der Waals surface area contributed by atoms with Crippen molar-refractivity contribution in [2.75, 3.05) is 12.4 Å². The molecule has 0 heterocycles. The maximum atomic E-state index is 11.4. The fraction of sp³-hybridized carbons (Fsp3) is 1.00. The number of thioether (sulfide) groups is 1. The number of alkyl halides is 3. The monoisotopic (exact) mass is 174 g/mol. The lowest BCUT2D eigenvalue weighted by atomic mass is 10.4. The third-order valence-corrected chi connectivity index (χ3v) is 1.64. The van der Waals surface area contributed by atoms with Gasteiger partial charge in [0.25, 0.3) is 0 Å². The minimum Gasteiger partial charge on any atom is -0.396 e. The van der Waals surface area contributed by atoms with Crippen LogP contribution >= 0.6 is 11.8 Å². The van der Waals surface area contributed by atoms with Gasteiger partial charge in [0.15, 0.2) is 0 Å². The molecule has 0 spiro atoms. The molecule has 0 bridgehead atoms. The Hall–Kier alpha value is 0.100. The van der Waals surface area contributed by atoms with E-state index in [1.165, 1.54) is 0 Å². The number of unbranched alkanes of at least 4 members (excludes halogenated alkanes) is 1. The van der Waals surface area contributed by atoms with Gasteiger partial charge in [0.1, 0.15) is 0 Å². The molecule has 0 rings (SSSR count). The van der Waals surface area contributed by atoms with Crippen LogP contribution in [0.25, 0.3) is 0 Å². The molecule has 0 saturated carbocycles. The fourth-order valence-corrected chi connectivity index (χ4v) is 0.982. The Morgan fingerprint density at radius 1 is 1.20 bits per heavy atom. The zero-order valence-corrected chi connectivity index (χ0v) is 6.13. The van der Waals surface area contributed by atoms with E-state index in [0.717, 1.165) is 0 Å². The minimum absolute atomic E-state index is 0.0293. The molecule has 0 aromatic carbocycles. The van der Waals surface area contributed by atoms with E-state index in [4.69, 9.17) is 5.11 Å². The quantitative estimate of drug-likeness (QED) is 0.658. The van der Waals surface area contributed by atoms with Crippen LogP contribution in [0.15, 0.2) is 0 Å². The van der Waals surface area contributed by atoms with Crippen LogP contribution < -0.4 is 0 Å². The predicted molar refractivity (Wildman–Crippen MR) is 34.8 cm³/mol. The molecule has 0 fully saturated rings. The highest BCUT2D eigenvalue weighted by Gasteiger charge is 2.27. The second-order valence-corrected chi connectivity index (χ2v) is 2.88. The SMILES string of the molecule is OCCCCSC(F)(F)F. The lowest BCUT2D eigenvalue weighted by Crippen LogP contribution is -2.01. The molecule has 0 unspecified atom stereocenters. The molecule has 0 aromatic rings. The van der Waals surface area contributed by atoms with Crippen molar-refractivity contribution in [1.82, 2.24) is 0 Å². The molecule has 10 heavy (non-hydrogen) atoms. The molecule has 1 nitrogen and oxygen atoms in total. The summed E-state index contributed by atoms with van der Waals surface area (Å²) in [7, 11) is 0. The van der Waals surface area contributed by atoms with Gasteiger partial charge in [0.2, 0.25) is 0 Å². The third-order valence-electron chi connectivity index (χ3n) is 0.818. The number of rotatable bonds is 4. The van der Waals surface area contributed by atoms with Crippen LogP contribution in [0.5, 0.6) is 0 Å². The van der Waals surface area contributed by atoms with Gasteiger partial charge < -0.3 is 5.11 Å². The molecule has 0 aromatic heterocycles. The van der Waals surface area contributed by atoms with Gasteiger partial charge in [-0.05, 0) is 12.8 Å². The third kappa shape index (κ3) is 8.10. The summed E-state index contributed by atoms with van der Waals surface area (Å²) < 4.78 is 34.2. The molecule has 0 aliphatic carbocycles. The van der Waals surface area contributed by atoms with Crippen molar-refractivity contribution in [1.29, 1.82) is 0 Å². The van der Waals surface area contributed by atoms with Crippen LogP contribution in [0.2, 0.25) is 0 Å². The van der Waals surface area contributed by atoms with E-state index < -0.39 is 5.51 Å². The summed E-state index contributed by atoms with van der Waals surface area (Å²) in [6.07, 6.45) is 0.865. The molecular formula is C5H9F3OS. The first-order valence-electron chi connectivity index (χ1n) is 2.88. The summed E-state index contributed by atoms with van der Waals surface area (Å²) >= 11 is -0.0376. The summed E-state index contributed by atoms with van der Waals surface area (Å²) in [5.41, 5.74) is -4.12. The van der Waals surface area contributed by atoms with Crippen molar-refractivity contribution in [3.63, 3.8) is 0 Å². The van der Waals surface area contributed by atoms with E-state index in [-0.39, 0.29) is 24.1 Å². The summed E-state index contributed by atoms with van der Waals surface area (Å²) in [5, 5.41) is 8.21. The molecule has 1 N–H and O–H groups in total. The van der Waals surface area contributed by atoms with E-state index in [2.05, 4.69) is 0 Å². The Morgan fingerprint density at radius 3 is 2.20 bits per heavy atom. The van der Waals surface area contributed by atoms with Crippen LogP contribution in [0, 0.1) is 0 Å². The van der Waals surface area contributed by atoms with Crippen molar-refractivity contribution in [2.24, 2.45) is 0 Å². The van der Waals surface area contributed by atoms with Crippen LogP contribution in [0.1, 0.15) is 12.8 Å². The Labute approximate surface area is 61.6 Å². The Bertz CT molecular complexity index is 83.5. The Kier molecular flexibility index (Phi) is 4.89. The van der Waals surface area contributed by atoms with Crippen molar-refractivity contribution >= 4 is 11.8 Å². The number of hydrogen-bond acceptors (Lipinski definition) is 2. The highest BCUT2D eigenvalue weighted by molar-refractivity contribution is 8.00. The van der Waals surface area contributed by atoms with E-state index in [0.29, 0.717) is 12.8 Å². The van der Waals surface area contributed by atoms with Gasteiger partial charge in [-0.15, -0.1) is 0 Å². The smallest absolute Gasteiger partial charge is 0.396 e. The van der Waals surface area contributed by atoms with E-state index in [1.807, 2.05) is 0 Å². The van der Waals surface area contributed by atoms with E-state index in [9.17, 15) is 13.2 Å². The predicted octanol–water partition coefficient (Wildman–Crippen LogP) is 2.01. The lowest BCUT2D eigenvalue weighted by molar-refractivity contribution is -0.0328. The maximum Gasteiger partial charge on any atom is 0.441 e. The van der Waals surface area contributed by atoms with Gasteiger partial charge in [-0.1, -0.05) is 11.8 Å². The second-order valence-electron chi connectivity index (χ2n) is 1.72. The lowest BCUT2D eigenvalue weighted by Gasteiger charge is -2.03. The van der Waals surface area contributed by atoms with Crippen LogP contribution in [0.4, 0.5) is 13.2 Å². The first-order chi connectivity index (χ1) is 4.56. The first kappa shape index (κ1) is 10.1. The van der Waals surface area contributed by atoms with Gasteiger partial charge in [-0.2, -0.15) is 13.2 Å². The topological polar surface area (TPSA) is 20.2 Å². The standard InChI is InChI=1S/C5H9F3OS/c6-5(7,8)10-4-2-1-3-9/h9H,1-4H2. The average Bonchev–Trinajstić information content (AvgIpc) is 1.78. The Morgan fingerprint density at radius 2 is 1.80 bits per heavy atom. The number of halogens is 3. The maximum absolute atomic E-state index is 11.4. The molecule has 0 aliphatic rings. The first-order valence-corrected chi connectivity index (χ1v) is 3.86. The Balaban J connectivity index is 3.04. The zero-order chi connectivity index (χ0) is 8.04. The van der Waals surface area contributed by atoms with Crippen molar-refractivity contribution < 1.29 is 18.3 Å². The van der Waals surface area contributed by atoms with Gasteiger partial charge in [-0.3, -0.25) is 0 Å². The van der Waals surface area contributed by atoms with Crippen molar-refractivity contribution in [3.8, 4) is 0 Å². The minimum atomic E-state index is -4.12. The molecule has 0 aliphatic heterocycles. The summed E-state index contributed by atoms with van der Waals surface area (Å²) in [6, 6.07) is 0. The zero-order valence-electron chi connectivity index (χ0n) is 5.32. The average molecular weight is 174 g/mol. The van der Waals surface area contributed by atoms with Crippen LogP contribution in [-0.2, 0) is 0 Å². The number of aliphatic hydroxyl groups is 1. The molecule has 0 atom stereocenters. The summed E-state index contributed by atoms with van der Waals surface area (Å²) in [4.78, 5) is 0. The second kappa shape index (κ2) is 4.85. The highest BCUT2D eigenvalue weighted by Crippen LogP contribution is 2.30. The normalized spacial score (nSPS) is 12.0. The van der Waals surface area contributed by atoms with Crippen molar-refractivity contribution in [3.05, 3.63) is 0 Å². The van der Waals surface area contributed by atoms with Crippen LogP contribution in [0.3, 0.4) is 0 Å². The molecule has 5 heteroatoms. The van der Waals surface area contributed by atoms with Gasteiger partial charge in [0.05, 0.1) is 0 Å². The van der Waals surface area contributed by atoms with E-state index in [1.54, 1.807) is 0 Å². The molecule has 0 amide bonds. The van der Waals surface area contributed by atoms with Crippen LogP contribution in [-0.4, -0.2) is 23.0 Å². The van der Waals surface area contributed by atoms with Crippen molar-refractivity contribution in [2.45, 2.75) is 18.3 Å². The number of hydrogen-bond donors (Lipinski definition) is 1. The van der Waals surface area contributed by atoms with Gasteiger partial charge >= 0.3 is 5.51 Å². The van der Waals surface area contributed by atoms with Gasteiger partial charge in [0, 0.05) is 12.4 Å². The summed E-state index contributed by atoms with van der Waals surface area (Å²) in [5.74, 6) is 0.0457. The molecule has 0 radical (unpaired) electrons. The van der Waals surface area contributed by atoms with E-state index >= 15 is 0 Å². The molecular weight excluding hydrogens is 165 g/mol. The molecule has 62 valence electrons. The van der Waals surface area contributed by atoms with Gasteiger partial charge in [-0.25, -0.2) is 0 Å². The number of aliphatic hydroxyl groups excluding tert-OH is 1. The highest BCUT2D eigenvalue weighted by atomic mass is 32.2. The summed E-state index contributed by atoms with van der Waals surface area (Å²) in [6.45, 7) is -0.0293. The largest absolute Gasteiger partial charge is 0.441 e.